The third kappa shape index (κ3) is 2.38. The van der Waals surface area contributed by atoms with Crippen LogP contribution >= 0.6 is 0 Å². The van der Waals surface area contributed by atoms with E-state index in [0.29, 0.717) is 18.6 Å². The third-order valence-electron chi connectivity index (χ3n) is 5.23. The molecule has 1 amide bonds. The second kappa shape index (κ2) is 5.55. The first-order valence-electron chi connectivity index (χ1n) is 8.70. The Hall–Kier alpha value is -2.04. The van der Waals surface area contributed by atoms with Gasteiger partial charge in [0.2, 0.25) is 5.91 Å². The van der Waals surface area contributed by atoms with E-state index in [1.54, 1.807) is 9.13 Å². The lowest BCUT2D eigenvalue weighted by molar-refractivity contribution is -0.136. The molecule has 5 heteroatoms. The maximum Gasteiger partial charge on any atom is 0.329 e. The standard InChI is InChI=1S/C18H23N3O2/c1-2-19-15-8-3-4-9-16(15)20(18(19)23)12-17(22)21(14-10-11-14)13-6-5-7-13/h3-4,8-9,13-14H,2,5-7,10-12H2,1H3. The summed E-state index contributed by atoms with van der Waals surface area (Å²) < 4.78 is 3.39. The predicted octanol–water partition coefficient (Wildman–Crippen LogP) is 2.37. The van der Waals surface area contributed by atoms with Gasteiger partial charge in [0.05, 0.1) is 11.0 Å². The number of hydrogen-bond donors (Lipinski definition) is 0. The zero-order chi connectivity index (χ0) is 16.0. The van der Waals surface area contributed by atoms with E-state index in [4.69, 9.17) is 0 Å². The van der Waals surface area contributed by atoms with Crippen LogP contribution in [0.5, 0.6) is 0 Å². The van der Waals surface area contributed by atoms with Gasteiger partial charge in [0.1, 0.15) is 6.54 Å². The first-order valence-corrected chi connectivity index (χ1v) is 8.70. The topological polar surface area (TPSA) is 47.2 Å². The molecule has 4 rings (SSSR count). The first kappa shape index (κ1) is 14.5. The van der Waals surface area contributed by atoms with E-state index in [-0.39, 0.29) is 18.1 Å². The smallest absolute Gasteiger partial charge is 0.329 e. The Morgan fingerprint density at radius 1 is 1.09 bits per heavy atom. The molecule has 5 nitrogen and oxygen atoms in total. The number of benzene rings is 1. The molecule has 1 aromatic carbocycles. The molecule has 0 bridgehead atoms. The zero-order valence-corrected chi connectivity index (χ0v) is 13.6. The molecule has 122 valence electrons. The van der Waals surface area contributed by atoms with Crippen molar-refractivity contribution in [1.82, 2.24) is 14.0 Å². The van der Waals surface area contributed by atoms with Gasteiger partial charge >= 0.3 is 5.69 Å². The molecular formula is C18H23N3O2. The molecule has 2 aliphatic carbocycles. The number of nitrogens with zero attached hydrogens (tertiary/aromatic N) is 3. The van der Waals surface area contributed by atoms with Crippen molar-refractivity contribution < 1.29 is 4.79 Å². The molecule has 0 saturated heterocycles. The Labute approximate surface area is 135 Å². The highest BCUT2D eigenvalue weighted by Gasteiger charge is 2.39. The number of carbonyl (C=O) groups excluding carboxylic acids is 1. The third-order valence-corrected chi connectivity index (χ3v) is 5.23. The molecule has 2 saturated carbocycles. The van der Waals surface area contributed by atoms with Crippen molar-refractivity contribution >= 4 is 16.9 Å². The SMILES string of the molecule is CCn1c(=O)n(CC(=O)N(C2CCC2)C2CC2)c2ccccc21. The molecule has 2 aliphatic rings. The molecular weight excluding hydrogens is 290 g/mol. The van der Waals surface area contributed by atoms with Crippen molar-refractivity contribution in [1.29, 1.82) is 0 Å². The van der Waals surface area contributed by atoms with Crippen LogP contribution in [0.3, 0.4) is 0 Å². The highest BCUT2D eigenvalue weighted by molar-refractivity contribution is 5.81. The van der Waals surface area contributed by atoms with Crippen LogP contribution < -0.4 is 5.69 Å². The number of aryl methyl sites for hydroxylation is 1. The van der Waals surface area contributed by atoms with Crippen molar-refractivity contribution in [2.24, 2.45) is 0 Å². The number of amides is 1. The van der Waals surface area contributed by atoms with Gasteiger partial charge < -0.3 is 4.90 Å². The van der Waals surface area contributed by atoms with Gasteiger partial charge in [-0.15, -0.1) is 0 Å². The highest BCUT2D eigenvalue weighted by Crippen LogP contribution is 2.35. The zero-order valence-electron chi connectivity index (χ0n) is 13.6. The Kier molecular flexibility index (Phi) is 3.51. The number of hydrogen-bond acceptors (Lipinski definition) is 2. The number of carbonyl (C=O) groups is 1. The van der Waals surface area contributed by atoms with Crippen molar-refractivity contribution in [3.63, 3.8) is 0 Å². The van der Waals surface area contributed by atoms with Crippen molar-refractivity contribution in [2.75, 3.05) is 0 Å². The van der Waals surface area contributed by atoms with Crippen LogP contribution in [-0.4, -0.2) is 32.0 Å². The number of imidazole rings is 1. The fourth-order valence-electron chi connectivity index (χ4n) is 3.67. The van der Waals surface area contributed by atoms with Gasteiger partial charge in [-0.1, -0.05) is 12.1 Å². The van der Waals surface area contributed by atoms with Crippen molar-refractivity contribution in [2.45, 2.75) is 64.2 Å². The molecule has 0 atom stereocenters. The Morgan fingerprint density at radius 3 is 2.22 bits per heavy atom. The van der Waals surface area contributed by atoms with Gasteiger partial charge in [0, 0.05) is 18.6 Å². The van der Waals surface area contributed by atoms with Crippen LogP contribution in [0.25, 0.3) is 11.0 Å². The molecule has 1 aromatic heterocycles. The van der Waals surface area contributed by atoms with E-state index >= 15 is 0 Å². The van der Waals surface area contributed by atoms with E-state index in [1.807, 2.05) is 31.2 Å². The van der Waals surface area contributed by atoms with Gasteiger partial charge in [-0.25, -0.2) is 4.79 Å². The second-order valence-electron chi connectivity index (χ2n) is 6.72. The quantitative estimate of drug-likeness (QED) is 0.851. The second-order valence-corrected chi connectivity index (χ2v) is 6.72. The van der Waals surface area contributed by atoms with E-state index in [2.05, 4.69) is 4.90 Å². The predicted molar refractivity (Wildman–Crippen MR) is 89.4 cm³/mol. The summed E-state index contributed by atoms with van der Waals surface area (Å²) in [6, 6.07) is 8.57. The van der Waals surface area contributed by atoms with Crippen LogP contribution in [0.15, 0.2) is 29.1 Å². The van der Waals surface area contributed by atoms with Crippen molar-refractivity contribution in [3.05, 3.63) is 34.7 Å². The van der Waals surface area contributed by atoms with E-state index in [0.717, 1.165) is 36.7 Å². The number of aromatic nitrogens is 2. The summed E-state index contributed by atoms with van der Waals surface area (Å²) in [6.07, 6.45) is 5.69. The van der Waals surface area contributed by atoms with Crippen LogP contribution in [0, 0.1) is 0 Å². The number of rotatable bonds is 5. The lowest BCUT2D eigenvalue weighted by Gasteiger charge is -2.38. The van der Waals surface area contributed by atoms with E-state index in [9.17, 15) is 9.59 Å². The summed E-state index contributed by atoms with van der Waals surface area (Å²) in [5, 5.41) is 0. The maximum absolute atomic E-state index is 12.9. The average Bonchev–Trinajstić information content (AvgIpc) is 3.30. The molecule has 1 heterocycles. The normalized spacial score (nSPS) is 18.1. The largest absolute Gasteiger partial charge is 0.335 e. The fraction of sp³-hybridized carbons (Fsp3) is 0.556. The summed E-state index contributed by atoms with van der Waals surface area (Å²) in [5.41, 5.74) is 1.69. The van der Waals surface area contributed by atoms with E-state index < -0.39 is 0 Å². The average molecular weight is 313 g/mol. The monoisotopic (exact) mass is 313 g/mol. The lowest BCUT2D eigenvalue weighted by atomic mass is 9.91. The van der Waals surface area contributed by atoms with Crippen molar-refractivity contribution in [3.8, 4) is 0 Å². The molecule has 2 aromatic rings. The molecule has 23 heavy (non-hydrogen) atoms. The van der Waals surface area contributed by atoms with Gasteiger partial charge in [-0.05, 0) is 51.2 Å². The number of fused-ring (bicyclic) bond motifs is 1. The highest BCUT2D eigenvalue weighted by atomic mass is 16.2. The fourth-order valence-corrected chi connectivity index (χ4v) is 3.67. The molecule has 0 spiro atoms. The molecule has 0 aliphatic heterocycles. The van der Waals surface area contributed by atoms with Gasteiger partial charge in [-0.3, -0.25) is 13.9 Å². The van der Waals surface area contributed by atoms with Crippen LogP contribution in [-0.2, 0) is 17.9 Å². The Morgan fingerprint density at radius 2 is 1.70 bits per heavy atom. The molecule has 0 radical (unpaired) electrons. The summed E-state index contributed by atoms with van der Waals surface area (Å²) in [4.78, 5) is 27.6. The first-order chi connectivity index (χ1) is 11.2. The Bertz CT molecular complexity index is 796. The minimum atomic E-state index is -0.0774. The summed E-state index contributed by atoms with van der Waals surface area (Å²) in [7, 11) is 0. The van der Waals surface area contributed by atoms with E-state index in [1.165, 1.54) is 6.42 Å². The molecule has 2 fully saturated rings. The summed E-state index contributed by atoms with van der Waals surface area (Å²) in [5.74, 6) is 0.110. The lowest BCUT2D eigenvalue weighted by Crippen LogP contribution is -2.47. The Balaban J connectivity index is 1.68. The van der Waals surface area contributed by atoms with Crippen LogP contribution in [0.1, 0.15) is 39.0 Å². The minimum absolute atomic E-state index is 0.0774. The van der Waals surface area contributed by atoms with Gasteiger partial charge in [-0.2, -0.15) is 0 Å². The summed E-state index contributed by atoms with van der Waals surface area (Å²) in [6.45, 7) is 2.75. The summed E-state index contributed by atoms with van der Waals surface area (Å²) >= 11 is 0. The van der Waals surface area contributed by atoms with Crippen LogP contribution in [0.2, 0.25) is 0 Å². The minimum Gasteiger partial charge on any atom is -0.335 e. The molecule has 0 unspecified atom stereocenters. The molecule has 0 N–H and O–H groups in total. The van der Waals surface area contributed by atoms with Gasteiger partial charge in [0.15, 0.2) is 0 Å². The van der Waals surface area contributed by atoms with Gasteiger partial charge in [0.25, 0.3) is 0 Å². The van der Waals surface area contributed by atoms with Crippen LogP contribution in [0.4, 0.5) is 0 Å². The number of para-hydroxylation sites is 2. The maximum atomic E-state index is 12.9.